The van der Waals surface area contributed by atoms with E-state index in [0.29, 0.717) is 38.2 Å². The fraction of sp³-hybridized carbons (Fsp3) is 0.389. The van der Waals surface area contributed by atoms with Crippen LogP contribution < -0.4 is 5.32 Å². The summed E-state index contributed by atoms with van der Waals surface area (Å²) >= 11 is 0. The smallest absolute Gasteiger partial charge is 0.339 e. The van der Waals surface area contributed by atoms with E-state index in [4.69, 9.17) is 9.84 Å². The van der Waals surface area contributed by atoms with E-state index in [-0.39, 0.29) is 29.2 Å². The first kappa shape index (κ1) is 18.1. The number of Topliss-reactive ketones (excluding diaryl/α,β-unsaturated/α-hetero) is 2. The van der Waals surface area contributed by atoms with E-state index in [1.165, 1.54) is 18.4 Å². The molecule has 2 aliphatic heterocycles. The minimum absolute atomic E-state index is 0.00391. The van der Waals surface area contributed by atoms with Crippen LogP contribution in [0.25, 0.3) is 0 Å². The van der Waals surface area contributed by atoms with Gasteiger partial charge < -0.3 is 20.3 Å². The average molecular weight is 360 g/mol. The van der Waals surface area contributed by atoms with Crippen molar-refractivity contribution in [2.45, 2.75) is 12.5 Å². The van der Waals surface area contributed by atoms with Crippen molar-refractivity contribution in [3.05, 3.63) is 41.2 Å². The average Bonchev–Trinajstić information content (AvgIpc) is 3.16. The molecule has 3 rings (SSSR count). The summed E-state index contributed by atoms with van der Waals surface area (Å²) in [5.74, 6) is -2.05. The number of hydrogen-bond donors (Lipinski definition) is 3. The highest BCUT2D eigenvalue weighted by Gasteiger charge is 2.32. The quantitative estimate of drug-likeness (QED) is 0.625. The third-order valence-corrected chi connectivity index (χ3v) is 4.58. The summed E-state index contributed by atoms with van der Waals surface area (Å²) in [4.78, 5) is 38.2. The zero-order valence-electron chi connectivity index (χ0n) is 14.1. The molecule has 0 radical (unpaired) electrons. The Kier molecular flexibility index (Phi) is 5.34. The maximum atomic E-state index is 12.7. The summed E-state index contributed by atoms with van der Waals surface area (Å²) < 4.78 is 5.13. The number of carbonyl (C=O) groups excluding carboxylic acids is 2. The highest BCUT2D eigenvalue weighted by Crippen LogP contribution is 2.21. The van der Waals surface area contributed by atoms with Gasteiger partial charge in [-0.25, -0.2) is 4.79 Å². The molecule has 8 nitrogen and oxygen atoms in total. The summed E-state index contributed by atoms with van der Waals surface area (Å²) in [7, 11) is 0. The Bertz CT molecular complexity index is 773. The van der Waals surface area contributed by atoms with Crippen LogP contribution in [0.5, 0.6) is 5.75 Å². The second-order valence-corrected chi connectivity index (χ2v) is 6.28. The Hall–Kier alpha value is -2.71. The van der Waals surface area contributed by atoms with Gasteiger partial charge in [-0.2, -0.15) is 0 Å². The maximum Gasteiger partial charge on any atom is 0.339 e. The van der Waals surface area contributed by atoms with Crippen molar-refractivity contribution in [1.82, 2.24) is 10.2 Å². The highest BCUT2D eigenvalue weighted by molar-refractivity contribution is 6.02. The SMILES string of the molecule is O=C(CN1CCNCC1C(=O)C1=COCC1)c1ccc(O)c(C(=O)O)c1. The topological polar surface area (TPSA) is 116 Å². The van der Waals surface area contributed by atoms with Crippen LogP contribution in [0.1, 0.15) is 27.1 Å². The Morgan fingerprint density at radius 2 is 2.12 bits per heavy atom. The van der Waals surface area contributed by atoms with E-state index < -0.39 is 17.8 Å². The first-order chi connectivity index (χ1) is 12.5. The van der Waals surface area contributed by atoms with Gasteiger partial charge in [-0.1, -0.05) is 0 Å². The lowest BCUT2D eigenvalue weighted by atomic mass is 9.99. The molecule has 8 heteroatoms. The van der Waals surface area contributed by atoms with Gasteiger partial charge in [0.15, 0.2) is 11.6 Å². The zero-order chi connectivity index (χ0) is 18.7. The molecule has 26 heavy (non-hydrogen) atoms. The van der Waals surface area contributed by atoms with Gasteiger partial charge in [-0.05, 0) is 18.2 Å². The molecule has 0 aromatic heterocycles. The molecule has 0 amide bonds. The largest absolute Gasteiger partial charge is 0.507 e. The first-order valence-electron chi connectivity index (χ1n) is 8.36. The number of phenols is 1. The lowest BCUT2D eigenvalue weighted by molar-refractivity contribution is -0.121. The van der Waals surface area contributed by atoms with Crippen LogP contribution in [-0.2, 0) is 9.53 Å². The van der Waals surface area contributed by atoms with E-state index in [0.717, 1.165) is 6.07 Å². The fourth-order valence-corrected chi connectivity index (χ4v) is 3.13. The van der Waals surface area contributed by atoms with Crippen molar-refractivity contribution < 1.29 is 29.3 Å². The second-order valence-electron chi connectivity index (χ2n) is 6.28. The Balaban J connectivity index is 1.75. The molecule has 1 fully saturated rings. The maximum absolute atomic E-state index is 12.7. The molecule has 1 atom stereocenters. The van der Waals surface area contributed by atoms with Gasteiger partial charge in [-0.15, -0.1) is 0 Å². The third-order valence-electron chi connectivity index (χ3n) is 4.58. The van der Waals surface area contributed by atoms with Gasteiger partial charge >= 0.3 is 5.97 Å². The number of hydrogen-bond acceptors (Lipinski definition) is 7. The number of carboxylic acids is 1. The zero-order valence-corrected chi connectivity index (χ0v) is 14.1. The van der Waals surface area contributed by atoms with Gasteiger partial charge in [0.25, 0.3) is 0 Å². The molecule has 2 heterocycles. The minimum atomic E-state index is -1.31. The molecular weight excluding hydrogens is 340 g/mol. The molecule has 138 valence electrons. The summed E-state index contributed by atoms with van der Waals surface area (Å²) in [5.41, 5.74) is 0.485. The van der Waals surface area contributed by atoms with Crippen molar-refractivity contribution in [3.63, 3.8) is 0 Å². The Labute approximate surface area is 150 Å². The predicted octanol–water partition coefficient (Wildman–Crippen LogP) is 0.420. The van der Waals surface area contributed by atoms with Crippen molar-refractivity contribution in [2.24, 2.45) is 0 Å². The molecule has 2 aliphatic rings. The number of ether oxygens (including phenoxy) is 1. The highest BCUT2D eigenvalue weighted by atomic mass is 16.5. The second kappa shape index (κ2) is 7.67. The molecule has 1 aromatic rings. The number of rotatable bonds is 6. The number of piperazine rings is 1. The van der Waals surface area contributed by atoms with E-state index in [1.807, 2.05) is 0 Å². The summed E-state index contributed by atoms with van der Waals surface area (Å²) in [6.45, 7) is 2.11. The number of aromatic hydroxyl groups is 1. The number of nitrogens with zero attached hydrogens (tertiary/aromatic N) is 1. The van der Waals surface area contributed by atoms with Gasteiger partial charge in [0.05, 0.1) is 25.5 Å². The Morgan fingerprint density at radius 3 is 2.81 bits per heavy atom. The predicted molar refractivity (Wildman–Crippen MR) is 91.3 cm³/mol. The van der Waals surface area contributed by atoms with E-state index in [2.05, 4.69) is 5.32 Å². The van der Waals surface area contributed by atoms with Crippen LogP contribution in [0, 0.1) is 0 Å². The van der Waals surface area contributed by atoms with E-state index in [9.17, 15) is 19.5 Å². The molecule has 0 bridgehead atoms. The number of aromatic carboxylic acids is 1. The molecule has 1 unspecified atom stereocenters. The molecule has 0 spiro atoms. The van der Waals surface area contributed by atoms with Crippen molar-refractivity contribution in [3.8, 4) is 5.75 Å². The van der Waals surface area contributed by atoms with Crippen molar-refractivity contribution in [1.29, 1.82) is 0 Å². The third kappa shape index (κ3) is 3.76. The number of carboxylic acid groups (broad SMARTS) is 1. The standard InChI is InChI=1S/C18H20N2O6/c21-15-2-1-11(7-13(15)18(24)25)16(22)9-20-5-4-19-8-14(20)17(23)12-3-6-26-10-12/h1-2,7,10,14,19,21H,3-6,8-9H2,(H,24,25). The summed E-state index contributed by atoms with van der Waals surface area (Å²) in [5, 5.41) is 21.8. The van der Waals surface area contributed by atoms with E-state index >= 15 is 0 Å². The van der Waals surface area contributed by atoms with Crippen LogP contribution in [-0.4, -0.2) is 71.5 Å². The van der Waals surface area contributed by atoms with Gasteiger partial charge in [0.2, 0.25) is 0 Å². The van der Waals surface area contributed by atoms with E-state index in [1.54, 1.807) is 4.90 Å². The molecule has 1 saturated heterocycles. The molecule has 0 saturated carbocycles. The van der Waals surface area contributed by atoms with Crippen LogP contribution in [0.4, 0.5) is 0 Å². The Morgan fingerprint density at radius 1 is 1.31 bits per heavy atom. The van der Waals surface area contributed by atoms with Crippen LogP contribution in [0.2, 0.25) is 0 Å². The number of benzene rings is 1. The fourth-order valence-electron chi connectivity index (χ4n) is 3.13. The van der Waals surface area contributed by atoms with Crippen molar-refractivity contribution >= 4 is 17.5 Å². The normalized spacial score (nSPS) is 20.3. The summed E-state index contributed by atoms with van der Waals surface area (Å²) in [6.07, 6.45) is 2.05. The number of ketones is 2. The lowest BCUT2D eigenvalue weighted by Gasteiger charge is -2.34. The van der Waals surface area contributed by atoms with Gasteiger partial charge in [-0.3, -0.25) is 14.5 Å². The first-order valence-corrected chi connectivity index (χ1v) is 8.36. The molecule has 1 aromatic carbocycles. The number of nitrogens with one attached hydrogen (secondary N) is 1. The molecule has 3 N–H and O–H groups in total. The van der Waals surface area contributed by atoms with Gasteiger partial charge in [0.1, 0.15) is 11.3 Å². The van der Waals surface area contributed by atoms with Crippen LogP contribution >= 0.6 is 0 Å². The monoisotopic (exact) mass is 360 g/mol. The van der Waals surface area contributed by atoms with Crippen LogP contribution in [0.15, 0.2) is 30.0 Å². The van der Waals surface area contributed by atoms with Crippen LogP contribution in [0.3, 0.4) is 0 Å². The minimum Gasteiger partial charge on any atom is -0.507 e. The summed E-state index contributed by atoms with van der Waals surface area (Å²) in [6, 6.07) is 3.28. The van der Waals surface area contributed by atoms with Crippen molar-refractivity contribution in [2.75, 3.05) is 32.8 Å². The molecule has 0 aliphatic carbocycles. The van der Waals surface area contributed by atoms with Gasteiger partial charge in [0, 0.05) is 37.2 Å². The lowest BCUT2D eigenvalue weighted by Crippen LogP contribution is -2.56. The number of carbonyl (C=O) groups is 3. The molecular formula is C18H20N2O6.